The van der Waals surface area contributed by atoms with Crippen molar-refractivity contribution in [1.82, 2.24) is 5.32 Å². The van der Waals surface area contributed by atoms with Crippen LogP contribution in [0.25, 0.3) is 0 Å². The van der Waals surface area contributed by atoms with Crippen LogP contribution in [-0.4, -0.2) is 36.3 Å². The van der Waals surface area contributed by atoms with Gasteiger partial charge >= 0.3 is 6.03 Å². The van der Waals surface area contributed by atoms with E-state index in [2.05, 4.69) is 17.6 Å². The van der Waals surface area contributed by atoms with Crippen molar-refractivity contribution < 1.29 is 14.6 Å². The van der Waals surface area contributed by atoms with Gasteiger partial charge in [-0.1, -0.05) is 13.3 Å². The van der Waals surface area contributed by atoms with Gasteiger partial charge in [-0.3, -0.25) is 0 Å². The van der Waals surface area contributed by atoms with Gasteiger partial charge in [0.1, 0.15) is 18.5 Å². The molecule has 1 aromatic rings. The maximum atomic E-state index is 11.6. The number of aliphatic hydroxyl groups is 1. The largest absolute Gasteiger partial charge is 0.491 e. The lowest BCUT2D eigenvalue weighted by atomic mass is 10.2. The van der Waals surface area contributed by atoms with E-state index in [4.69, 9.17) is 16.3 Å². The van der Waals surface area contributed by atoms with Crippen LogP contribution in [0, 0.1) is 6.92 Å². The highest BCUT2D eigenvalue weighted by molar-refractivity contribution is 6.18. The molecule has 5 nitrogen and oxygen atoms in total. The Morgan fingerprint density at radius 2 is 2.24 bits per heavy atom. The molecule has 1 atom stereocenters. The lowest BCUT2D eigenvalue weighted by Gasteiger charge is -2.13. The molecule has 0 aliphatic heterocycles. The van der Waals surface area contributed by atoms with Gasteiger partial charge in [-0.15, -0.1) is 11.6 Å². The zero-order valence-electron chi connectivity index (χ0n) is 12.5. The zero-order chi connectivity index (χ0) is 15.7. The highest BCUT2D eigenvalue weighted by atomic mass is 35.5. The van der Waals surface area contributed by atoms with Gasteiger partial charge in [0.2, 0.25) is 0 Å². The highest BCUT2D eigenvalue weighted by Crippen LogP contribution is 2.22. The molecular weight excluding hydrogens is 292 g/mol. The Hall–Kier alpha value is -1.46. The van der Waals surface area contributed by atoms with Crippen molar-refractivity contribution in [2.24, 2.45) is 0 Å². The number of halogens is 1. The standard InChI is InChI=1S/C15H23ClN2O3/c1-3-4-7-17-15(20)18-12-5-6-14(11(2)8-12)21-10-13(19)9-16/h5-6,8,13,19H,3-4,7,9-10H2,1-2H3,(H2,17,18,20). The topological polar surface area (TPSA) is 70.6 Å². The number of amides is 2. The number of rotatable bonds is 8. The van der Waals surface area contributed by atoms with Crippen molar-refractivity contribution in [2.45, 2.75) is 32.8 Å². The Bertz CT molecular complexity index is 455. The van der Waals surface area contributed by atoms with Crippen LogP contribution in [0.15, 0.2) is 18.2 Å². The van der Waals surface area contributed by atoms with E-state index in [1.54, 1.807) is 12.1 Å². The summed E-state index contributed by atoms with van der Waals surface area (Å²) in [4.78, 5) is 11.6. The molecule has 1 unspecified atom stereocenters. The predicted octanol–water partition coefficient (Wildman–Crippen LogP) is 2.90. The Labute approximate surface area is 130 Å². The number of carbonyl (C=O) groups is 1. The molecule has 0 saturated carbocycles. The molecule has 1 rings (SSSR count). The van der Waals surface area contributed by atoms with Crippen molar-refractivity contribution in [3.63, 3.8) is 0 Å². The summed E-state index contributed by atoms with van der Waals surface area (Å²) in [5.74, 6) is 0.799. The molecule has 0 aromatic heterocycles. The number of hydrogen-bond acceptors (Lipinski definition) is 3. The summed E-state index contributed by atoms with van der Waals surface area (Å²) < 4.78 is 5.47. The number of ether oxygens (including phenoxy) is 1. The van der Waals surface area contributed by atoms with Crippen molar-refractivity contribution in [3.8, 4) is 5.75 Å². The van der Waals surface area contributed by atoms with E-state index in [1.807, 2.05) is 13.0 Å². The van der Waals surface area contributed by atoms with Crippen LogP contribution >= 0.6 is 11.6 Å². The molecule has 0 aliphatic rings. The maximum Gasteiger partial charge on any atom is 0.319 e. The lowest BCUT2D eigenvalue weighted by Crippen LogP contribution is -2.29. The van der Waals surface area contributed by atoms with Crippen LogP contribution in [0.1, 0.15) is 25.3 Å². The first-order chi connectivity index (χ1) is 10.1. The fourth-order valence-corrected chi connectivity index (χ4v) is 1.76. The number of unbranched alkanes of at least 4 members (excludes halogenated alkanes) is 1. The second-order valence-electron chi connectivity index (χ2n) is 4.83. The van der Waals surface area contributed by atoms with Crippen molar-refractivity contribution in [1.29, 1.82) is 0 Å². The van der Waals surface area contributed by atoms with Crippen LogP contribution in [0.5, 0.6) is 5.75 Å². The Balaban J connectivity index is 2.51. The third-order valence-corrected chi connectivity index (χ3v) is 3.21. The number of nitrogens with one attached hydrogen (secondary N) is 2. The normalized spacial score (nSPS) is 11.8. The van der Waals surface area contributed by atoms with E-state index in [1.165, 1.54) is 0 Å². The quantitative estimate of drug-likeness (QED) is 0.510. The molecular formula is C15H23ClN2O3. The molecule has 0 radical (unpaired) electrons. The molecule has 0 fully saturated rings. The van der Waals surface area contributed by atoms with E-state index in [9.17, 15) is 9.90 Å². The van der Waals surface area contributed by atoms with E-state index >= 15 is 0 Å². The summed E-state index contributed by atoms with van der Waals surface area (Å²) in [6.45, 7) is 4.76. The first-order valence-electron chi connectivity index (χ1n) is 7.09. The number of aliphatic hydroxyl groups excluding tert-OH is 1. The fraction of sp³-hybridized carbons (Fsp3) is 0.533. The number of anilines is 1. The third kappa shape index (κ3) is 6.69. The predicted molar refractivity (Wildman–Crippen MR) is 85.3 cm³/mol. The summed E-state index contributed by atoms with van der Waals surface area (Å²) in [6.07, 6.45) is 1.31. The van der Waals surface area contributed by atoms with Gasteiger partial charge < -0.3 is 20.5 Å². The number of aryl methyl sites for hydroxylation is 1. The van der Waals surface area contributed by atoms with E-state index in [0.29, 0.717) is 18.0 Å². The molecule has 0 aliphatic carbocycles. The van der Waals surface area contributed by atoms with Crippen LogP contribution in [-0.2, 0) is 0 Å². The number of urea groups is 1. The van der Waals surface area contributed by atoms with E-state index < -0.39 is 6.10 Å². The molecule has 21 heavy (non-hydrogen) atoms. The summed E-state index contributed by atoms with van der Waals surface area (Å²) in [6, 6.07) is 5.13. The first-order valence-corrected chi connectivity index (χ1v) is 7.62. The van der Waals surface area contributed by atoms with Crippen LogP contribution in [0.3, 0.4) is 0 Å². The Morgan fingerprint density at radius 3 is 2.86 bits per heavy atom. The SMILES string of the molecule is CCCCNC(=O)Nc1ccc(OCC(O)CCl)c(C)c1. The lowest BCUT2D eigenvalue weighted by molar-refractivity contribution is 0.125. The highest BCUT2D eigenvalue weighted by Gasteiger charge is 2.07. The second-order valence-corrected chi connectivity index (χ2v) is 5.14. The molecule has 0 saturated heterocycles. The summed E-state index contributed by atoms with van der Waals surface area (Å²) in [5, 5.41) is 14.9. The average Bonchev–Trinajstić information content (AvgIpc) is 2.46. The van der Waals surface area contributed by atoms with Gasteiger partial charge in [0.05, 0.1) is 5.88 Å². The van der Waals surface area contributed by atoms with E-state index in [0.717, 1.165) is 18.4 Å². The minimum absolute atomic E-state index is 0.136. The summed E-state index contributed by atoms with van der Waals surface area (Å²) in [5.41, 5.74) is 1.58. The van der Waals surface area contributed by atoms with Crippen molar-refractivity contribution in [2.75, 3.05) is 24.3 Å². The number of benzene rings is 1. The number of carbonyl (C=O) groups excluding carboxylic acids is 1. The van der Waals surface area contributed by atoms with Crippen molar-refractivity contribution >= 4 is 23.3 Å². The van der Waals surface area contributed by atoms with Gasteiger partial charge in [-0.05, 0) is 37.1 Å². The average molecular weight is 315 g/mol. The zero-order valence-corrected chi connectivity index (χ0v) is 13.2. The van der Waals surface area contributed by atoms with Crippen LogP contribution in [0.4, 0.5) is 10.5 Å². The molecule has 0 spiro atoms. The van der Waals surface area contributed by atoms with E-state index in [-0.39, 0.29) is 18.5 Å². The third-order valence-electron chi connectivity index (χ3n) is 2.86. The summed E-state index contributed by atoms with van der Waals surface area (Å²) >= 11 is 5.51. The molecule has 1 aromatic carbocycles. The molecule has 3 N–H and O–H groups in total. The van der Waals surface area contributed by atoms with Crippen LogP contribution < -0.4 is 15.4 Å². The van der Waals surface area contributed by atoms with Gasteiger partial charge in [0.25, 0.3) is 0 Å². The number of alkyl halides is 1. The van der Waals surface area contributed by atoms with Crippen molar-refractivity contribution in [3.05, 3.63) is 23.8 Å². The first kappa shape index (κ1) is 17.6. The Kier molecular flexibility index (Phi) is 7.93. The maximum absolute atomic E-state index is 11.6. The Morgan fingerprint density at radius 1 is 1.48 bits per heavy atom. The molecule has 118 valence electrons. The van der Waals surface area contributed by atoms with Crippen LogP contribution in [0.2, 0.25) is 0 Å². The summed E-state index contributed by atoms with van der Waals surface area (Å²) in [7, 11) is 0. The smallest absolute Gasteiger partial charge is 0.319 e. The van der Waals surface area contributed by atoms with Gasteiger partial charge in [-0.25, -0.2) is 4.79 Å². The van der Waals surface area contributed by atoms with Gasteiger partial charge in [0.15, 0.2) is 0 Å². The minimum Gasteiger partial charge on any atom is -0.491 e. The molecule has 0 bridgehead atoms. The second kappa shape index (κ2) is 9.47. The van der Waals surface area contributed by atoms with Gasteiger partial charge in [-0.2, -0.15) is 0 Å². The molecule has 6 heteroatoms. The minimum atomic E-state index is -0.687. The molecule has 0 heterocycles. The fourth-order valence-electron chi connectivity index (χ4n) is 1.67. The molecule has 2 amide bonds. The number of hydrogen-bond donors (Lipinski definition) is 3. The monoisotopic (exact) mass is 314 g/mol. The van der Waals surface area contributed by atoms with Gasteiger partial charge in [0, 0.05) is 12.2 Å².